The van der Waals surface area contributed by atoms with E-state index in [9.17, 15) is 19.2 Å². The molecule has 0 N–H and O–H groups in total. The van der Waals surface area contributed by atoms with Gasteiger partial charge in [0.15, 0.2) is 0 Å². The van der Waals surface area contributed by atoms with Gasteiger partial charge in [0.05, 0.1) is 38.1 Å². The van der Waals surface area contributed by atoms with Crippen LogP contribution in [0.2, 0.25) is 0 Å². The molecule has 3 aliphatic rings. The number of nitrogens with zero attached hydrogens (tertiary/aromatic N) is 2. The zero-order valence-electron chi connectivity index (χ0n) is 24.5. The fourth-order valence-corrected chi connectivity index (χ4v) is 8.76. The number of fused-ring (bicyclic) bond motifs is 2. The van der Waals surface area contributed by atoms with Crippen molar-refractivity contribution in [3.8, 4) is 0 Å². The van der Waals surface area contributed by atoms with Crippen LogP contribution in [0, 0.1) is 6.92 Å². The van der Waals surface area contributed by atoms with E-state index in [2.05, 4.69) is 0 Å². The molecule has 3 aromatic carbocycles. The molecule has 0 spiro atoms. The lowest BCUT2D eigenvalue weighted by molar-refractivity contribution is -0.137. The van der Waals surface area contributed by atoms with Gasteiger partial charge in [0.2, 0.25) is 5.91 Å². The number of benzene rings is 3. The molecular formula is C34H28N2O5S3. The third kappa shape index (κ3) is 4.91. The average Bonchev–Trinajstić information content (AvgIpc) is 3.54. The van der Waals surface area contributed by atoms with Gasteiger partial charge in [-0.05, 0) is 57.5 Å². The molecule has 3 aromatic rings. The second-order valence-electron chi connectivity index (χ2n) is 11.0. The van der Waals surface area contributed by atoms with Crippen LogP contribution in [-0.4, -0.2) is 52.1 Å². The predicted octanol–water partition coefficient (Wildman–Crippen LogP) is 6.87. The van der Waals surface area contributed by atoms with Gasteiger partial charge < -0.3 is 4.74 Å². The quantitative estimate of drug-likeness (QED) is 0.129. The number of carbonyl (C=O) groups is 4. The Balaban J connectivity index is 1.42. The van der Waals surface area contributed by atoms with Gasteiger partial charge in [-0.1, -0.05) is 89.8 Å². The second kappa shape index (κ2) is 11.5. The van der Waals surface area contributed by atoms with Gasteiger partial charge in [-0.2, -0.15) is 0 Å². The summed E-state index contributed by atoms with van der Waals surface area (Å²) < 4.78 is 6.25. The molecule has 3 amide bonds. The van der Waals surface area contributed by atoms with Crippen molar-refractivity contribution in [2.24, 2.45) is 0 Å². The maximum absolute atomic E-state index is 14.1. The molecule has 222 valence electrons. The first-order chi connectivity index (χ1) is 21.0. The maximum Gasteiger partial charge on any atom is 0.346 e. The summed E-state index contributed by atoms with van der Waals surface area (Å²) in [5.41, 5.74) is 3.57. The van der Waals surface area contributed by atoms with E-state index in [4.69, 9.17) is 17.0 Å². The normalized spacial score (nSPS) is 19.0. The van der Waals surface area contributed by atoms with Crippen molar-refractivity contribution in [1.82, 2.24) is 4.90 Å². The van der Waals surface area contributed by atoms with Crippen LogP contribution >= 0.6 is 35.7 Å². The number of hydrogen-bond donors (Lipinski definition) is 0. The van der Waals surface area contributed by atoms with Gasteiger partial charge in [-0.3, -0.25) is 24.2 Å². The van der Waals surface area contributed by atoms with Gasteiger partial charge in [0.25, 0.3) is 11.8 Å². The molecule has 0 bridgehead atoms. The summed E-state index contributed by atoms with van der Waals surface area (Å²) >= 11 is 8.95. The molecule has 10 heteroatoms. The van der Waals surface area contributed by atoms with E-state index in [1.54, 1.807) is 36.1 Å². The van der Waals surface area contributed by atoms with E-state index >= 15 is 0 Å². The number of ether oxygens (including phenoxy) is 1. The summed E-state index contributed by atoms with van der Waals surface area (Å²) in [4.78, 5) is 57.8. The van der Waals surface area contributed by atoms with Crippen molar-refractivity contribution < 1.29 is 23.9 Å². The summed E-state index contributed by atoms with van der Waals surface area (Å²) in [6, 6.07) is 22.0. The van der Waals surface area contributed by atoms with E-state index < -0.39 is 35.8 Å². The Morgan fingerprint density at radius 2 is 1.52 bits per heavy atom. The molecule has 0 aromatic heterocycles. The van der Waals surface area contributed by atoms with Crippen molar-refractivity contribution in [3.63, 3.8) is 0 Å². The van der Waals surface area contributed by atoms with E-state index in [0.29, 0.717) is 15.5 Å². The molecule has 0 aliphatic carbocycles. The lowest BCUT2D eigenvalue weighted by Crippen LogP contribution is -2.58. The predicted molar refractivity (Wildman–Crippen MR) is 179 cm³/mol. The van der Waals surface area contributed by atoms with Gasteiger partial charge in [-0.15, -0.1) is 0 Å². The largest absolute Gasteiger partial charge is 0.462 e. The zero-order valence-corrected chi connectivity index (χ0v) is 27.0. The lowest BCUT2D eigenvalue weighted by atomic mass is 9.82. The topological polar surface area (TPSA) is 84.0 Å². The summed E-state index contributed by atoms with van der Waals surface area (Å²) in [5, 5.41) is 0. The summed E-state index contributed by atoms with van der Waals surface area (Å²) in [6.45, 7) is 7.29. The Morgan fingerprint density at radius 3 is 2.16 bits per heavy atom. The number of thioether (sulfide) groups is 2. The third-order valence-electron chi connectivity index (χ3n) is 7.72. The number of imide groups is 1. The molecule has 0 saturated carbocycles. The van der Waals surface area contributed by atoms with E-state index in [1.165, 1.54) is 23.5 Å². The first-order valence-corrected chi connectivity index (χ1v) is 16.1. The third-order valence-corrected chi connectivity index (χ3v) is 11.1. The highest BCUT2D eigenvalue weighted by Crippen LogP contribution is 2.58. The smallest absolute Gasteiger partial charge is 0.346 e. The standard InChI is InChI=1S/C34H28N2O5S3/c1-5-41-32(40)28-27(20-11-7-6-8-12-20)43-33(44-28)26-23-17-19(2)15-16-24(23)36(34(3,4)29(26)42)25(37)18-35-30(38)21-13-9-10-14-22(21)31(35)39/h6-17H,5,18H2,1-4H3. The fourth-order valence-electron chi connectivity index (χ4n) is 5.62. The highest BCUT2D eigenvalue weighted by atomic mass is 32.2. The van der Waals surface area contributed by atoms with E-state index in [0.717, 1.165) is 36.3 Å². The Labute approximate surface area is 269 Å². The minimum absolute atomic E-state index is 0.249. The molecule has 0 radical (unpaired) electrons. The van der Waals surface area contributed by atoms with Crippen molar-refractivity contribution in [3.05, 3.63) is 110 Å². The Bertz CT molecular complexity index is 1810. The molecule has 3 heterocycles. The number of amides is 3. The van der Waals surface area contributed by atoms with Crippen LogP contribution < -0.4 is 4.90 Å². The van der Waals surface area contributed by atoms with Crippen molar-refractivity contribution in [2.45, 2.75) is 33.2 Å². The molecule has 0 fully saturated rings. The summed E-state index contributed by atoms with van der Waals surface area (Å²) in [6.07, 6.45) is 0. The van der Waals surface area contributed by atoms with Crippen LogP contribution in [0.25, 0.3) is 10.5 Å². The number of hydrogen-bond acceptors (Lipinski definition) is 8. The molecule has 6 rings (SSSR count). The SMILES string of the molecule is CCOC(=O)C1=C(c2ccccc2)SC(=C2C(=S)C(C)(C)N(C(=O)CN3C(=O)c4ccccc4C3=O)c3ccc(C)cc32)S1. The van der Waals surface area contributed by atoms with Crippen molar-refractivity contribution >= 4 is 80.5 Å². The Kier molecular flexibility index (Phi) is 7.85. The van der Waals surface area contributed by atoms with Crippen molar-refractivity contribution in [2.75, 3.05) is 18.1 Å². The summed E-state index contributed by atoms with van der Waals surface area (Å²) in [7, 11) is 0. The average molecular weight is 641 g/mol. The maximum atomic E-state index is 14.1. The van der Waals surface area contributed by atoms with E-state index in [-0.39, 0.29) is 17.7 Å². The van der Waals surface area contributed by atoms with Crippen LogP contribution in [-0.2, 0) is 14.3 Å². The number of esters is 1. The molecule has 7 nitrogen and oxygen atoms in total. The monoisotopic (exact) mass is 640 g/mol. The second-order valence-corrected chi connectivity index (χ2v) is 13.7. The van der Waals surface area contributed by atoms with Crippen LogP contribution in [0.5, 0.6) is 0 Å². The highest BCUT2D eigenvalue weighted by molar-refractivity contribution is 8.32. The molecule has 44 heavy (non-hydrogen) atoms. The fraction of sp³-hybridized carbons (Fsp3) is 0.206. The van der Waals surface area contributed by atoms with Gasteiger partial charge in [0.1, 0.15) is 11.4 Å². The van der Waals surface area contributed by atoms with Crippen LogP contribution in [0.3, 0.4) is 0 Å². The number of carbonyl (C=O) groups excluding carboxylic acids is 4. The molecule has 0 atom stereocenters. The Hall–Kier alpha value is -3.99. The van der Waals surface area contributed by atoms with Crippen molar-refractivity contribution in [1.29, 1.82) is 0 Å². The number of thiocarbonyl (C=S) groups is 1. The number of rotatable bonds is 5. The Morgan fingerprint density at radius 1 is 0.886 bits per heavy atom. The first-order valence-electron chi connectivity index (χ1n) is 14.1. The van der Waals surface area contributed by atoms with Crippen LogP contribution in [0.1, 0.15) is 58.2 Å². The number of aryl methyl sites for hydroxylation is 1. The van der Waals surface area contributed by atoms with Crippen LogP contribution in [0.15, 0.2) is 81.9 Å². The molecular weight excluding hydrogens is 613 g/mol. The van der Waals surface area contributed by atoms with Crippen LogP contribution in [0.4, 0.5) is 5.69 Å². The number of anilines is 1. The molecule has 3 aliphatic heterocycles. The van der Waals surface area contributed by atoms with E-state index in [1.807, 2.05) is 69.3 Å². The highest BCUT2D eigenvalue weighted by Gasteiger charge is 2.47. The minimum Gasteiger partial charge on any atom is -0.462 e. The lowest BCUT2D eigenvalue weighted by Gasteiger charge is -2.45. The van der Waals surface area contributed by atoms with Gasteiger partial charge >= 0.3 is 5.97 Å². The summed E-state index contributed by atoms with van der Waals surface area (Å²) in [5.74, 6) is -1.81. The first kappa shape index (κ1) is 30.1. The van der Waals surface area contributed by atoms with Gasteiger partial charge in [-0.25, -0.2) is 4.79 Å². The minimum atomic E-state index is -1.00. The molecule has 0 saturated heterocycles. The van der Waals surface area contributed by atoms with Gasteiger partial charge in [0, 0.05) is 16.0 Å². The molecule has 0 unspecified atom stereocenters. The zero-order chi connectivity index (χ0) is 31.3.